The molecular weight excluding hydrogens is 178 g/mol. The topological polar surface area (TPSA) is 29.5 Å². The summed E-state index contributed by atoms with van der Waals surface area (Å²) in [7, 11) is 1.58. The molecule has 1 atom stereocenters. The van der Waals surface area contributed by atoms with Crippen LogP contribution >= 0.6 is 0 Å². The van der Waals surface area contributed by atoms with Gasteiger partial charge >= 0.3 is 0 Å². The van der Waals surface area contributed by atoms with Gasteiger partial charge in [-0.25, -0.2) is 0 Å². The molecule has 0 N–H and O–H groups in total. The molecule has 0 radical (unpaired) electrons. The summed E-state index contributed by atoms with van der Waals surface area (Å²) in [4.78, 5) is 14.2. The monoisotopic (exact) mass is 199 g/mol. The molecule has 0 aromatic carbocycles. The zero-order chi connectivity index (χ0) is 10.6. The van der Waals surface area contributed by atoms with Gasteiger partial charge in [0.2, 0.25) is 0 Å². The van der Waals surface area contributed by atoms with Gasteiger partial charge in [-0.1, -0.05) is 6.92 Å². The van der Waals surface area contributed by atoms with Gasteiger partial charge in [-0.05, 0) is 39.3 Å². The highest BCUT2D eigenvalue weighted by molar-refractivity contribution is 5.89. The van der Waals surface area contributed by atoms with E-state index >= 15 is 0 Å². The van der Waals surface area contributed by atoms with Crippen LogP contribution in [0.3, 0.4) is 0 Å². The number of nitrogens with zero attached hydrogens (tertiary/aromatic N) is 1. The fraction of sp³-hybridized carbons (Fsp3) is 0.909. The fourth-order valence-electron chi connectivity index (χ4n) is 2.09. The van der Waals surface area contributed by atoms with E-state index in [1.54, 1.807) is 7.11 Å². The number of likely N-dealkylation sites (tertiary alicyclic amines) is 1. The van der Waals surface area contributed by atoms with Crippen LogP contribution in [0, 0.1) is 0 Å². The zero-order valence-corrected chi connectivity index (χ0v) is 9.51. The van der Waals surface area contributed by atoms with Crippen molar-refractivity contribution in [1.82, 2.24) is 4.90 Å². The van der Waals surface area contributed by atoms with Crippen molar-refractivity contribution in [3.63, 3.8) is 0 Å². The number of rotatable bonds is 5. The summed E-state index contributed by atoms with van der Waals surface area (Å²) < 4.78 is 4.93. The number of carbonyl (C=O) groups is 1. The first-order valence-corrected chi connectivity index (χ1v) is 5.42. The lowest BCUT2D eigenvalue weighted by molar-refractivity contribution is -0.133. The van der Waals surface area contributed by atoms with E-state index in [0.29, 0.717) is 0 Å². The molecule has 1 unspecified atom stereocenters. The van der Waals surface area contributed by atoms with E-state index in [0.717, 1.165) is 19.5 Å². The maximum Gasteiger partial charge on any atom is 0.178 e. The van der Waals surface area contributed by atoms with Gasteiger partial charge < -0.3 is 4.74 Å². The van der Waals surface area contributed by atoms with Crippen molar-refractivity contribution >= 4 is 5.78 Å². The minimum atomic E-state index is -0.299. The lowest BCUT2D eigenvalue weighted by Gasteiger charge is -2.36. The third-order valence-corrected chi connectivity index (χ3v) is 3.37. The number of methoxy groups -OCH3 is 1. The fourth-order valence-corrected chi connectivity index (χ4v) is 2.09. The molecule has 1 fully saturated rings. The normalized spacial score (nSPS) is 22.2. The molecule has 1 aliphatic rings. The molecular formula is C11H21NO2. The molecule has 3 nitrogen and oxygen atoms in total. The molecule has 0 aromatic rings. The van der Waals surface area contributed by atoms with Gasteiger partial charge in [-0.15, -0.1) is 0 Å². The van der Waals surface area contributed by atoms with E-state index in [4.69, 9.17) is 4.74 Å². The highest BCUT2D eigenvalue weighted by Crippen LogP contribution is 2.25. The smallest absolute Gasteiger partial charge is 0.178 e. The van der Waals surface area contributed by atoms with Crippen LogP contribution in [-0.2, 0) is 9.53 Å². The molecule has 1 rings (SSSR count). The summed E-state index contributed by atoms with van der Waals surface area (Å²) in [6, 6.07) is 0. The van der Waals surface area contributed by atoms with Gasteiger partial charge in [0.1, 0.15) is 6.61 Å². The molecule has 3 heteroatoms. The molecule has 0 amide bonds. The lowest BCUT2D eigenvalue weighted by Crippen LogP contribution is -2.52. The van der Waals surface area contributed by atoms with Gasteiger partial charge in [0.05, 0.1) is 5.54 Å². The predicted octanol–water partition coefficient (Wildman–Crippen LogP) is 1.47. The number of ether oxygens (including phenoxy) is 1. The Balaban J connectivity index is 2.68. The number of carbonyl (C=O) groups excluding carboxylic acids is 1. The van der Waals surface area contributed by atoms with Crippen molar-refractivity contribution in [3.8, 4) is 0 Å². The van der Waals surface area contributed by atoms with Crippen LogP contribution in [0.1, 0.15) is 33.1 Å². The molecule has 0 saturated carbocycles. The third-order valence-electron chi connectivity index (χ3n) is 3.37. The second-order valence-corrected chi connectivity index (χ2v) is 4.18. The van der Waals surface area contributed by atoms with E-state index in [-0.39, 0.29) is 17.9 Å². The standard InChI is InChI=1S/C11H21NO2/c1-4-11(2,10(13)9-14-3)12-7-5-6-8-12/h4-9H2,1-3H3. The first-order chi connectivity index (χ1) is 6.65. The summed E-state index contributed by atoms with van der Waals surface area (Å²) in [5, 5.41) is 0. The summed E-state index contributed by atoms with van der Waals surface area (Å²) in [5.74, 6) is 0.212. The molecule has 0 spiro atoms. The SMILES string of the molecule is CCC(C)(C(=O)COC)N1CCCC1. The van der Waals surface area contributed by atoms with Crippen LogP contribution in [0.4, 0.5) is 0 Å². The van der Waals surface area contributed by atoms with E-state index in [1.165, 1.54) is 12.8 Å². The van der Waals surface area contributed by atoms with Crippen molar-refractivity contribution in [3.05, 3.63) is 0 Å². The Kier molecular flexibility index (Phi) is 4.08. The molecule has 14 heavy (non-hydrogen) atoms. The van der Waals surface area contributed by atoms with Crippen LogP contribution in [0.25, 0.3) is 0 Å². The summed E-state index contributed by atoms with van der Waals surface area (Å²) in [6.07, 6.45) is 3.31. The van der Waals surface area contributed by atoms with Crippen molar-refractivity contribution in [2.75, 3.05) is 26.8 Å². The Labute approximate surface area is 86.4 Å². The summed E-state index contributed by atoms with van der Waals surface area (Å²) >= 11 is 0. The number of Topliss-reactive ketones (excluding diaryl/α,β-unsaturated/α-hetero) is 1. The molecule has 0 bridgehead atoms. The first kappa shape index (κ1) is 11.7. The minimum Gasteiger partial charge on any atom is -0.377 e. The number of hydrogen-bond donors (Lipinski definition) is 0. The van der Waals surface area contributed by atoms with Crippen molar-refractivity contribution < 1.29 is 9.53 Å². The van der Waals surface area contributed by atoms with Crippen molar-refractivity contribution in [2.24, 2.45) is 0 Å². The molecule has 1 heterocycles. The van der Waals surface area contributed by atoms with Crippen LogP contribution in [-0.4, -0.2) is 43.0 Å². The van der Waals surface area contributed by atoms with E-state index in [9.17, 15) is 4.79 Å². The predicted molar refractivity (Wildman–Crippen MR) is 56.4 cm³/mol. The Bertz CT molecular complexity index is 199. The van der Waals surface area contributed by atoms with Crippen LogP contribution < -0.4 is 0 Å². The molecule has 82 valence electrons. The molecule has 1 aliphatic heterocycles. The van der Waals surface area contributed by atoms with Gasteiger partial charge in [0.25, 0.3) is 0 Å². The Morgan fingerprint density at radius 2 is 2.00 bits per heavy atom. The van der Waals surface area contributed by atoms with Gasteiger partial charge in [-0.3, -0.25) is 9.69 Å². The van der Waals surface area contributed by atoms with E-state index < -0.39 is 0 Å². The Morgan fingerprint density at radius 3 is 2.43 bits per heavy atom. The van der Waals surface area contributed by atoms with E-state index in [1.807, 2.05) is 6.92 Å². The van der Waals surface area contributed by atoms with E-state index in [2.05, 4.69) is 11.8 Å². The Morgan fingerprint density at radius 1 is 1.43 bits per heavy atom. The van der Waals surface area contributed by atoms with Crippen LogP contribution in [0.15, 0.2) is 0 Å². The summed E-state index contributed by atoms with van der Waals surface area (Å²) in [5.41, 5.74) is -0.299. The largest absolute Gasteiger partial charge is 0.377 e. The summed E-state index contributed by atoms with van der Waals surface area (Å²) in [6.45, 7) is 6.46. The zero-order valence-electron chi connectivity index (χ0n) is 9.51. The molecule has 0 aliphatic carbocycles. The Hall–Kier alpha value is -0.410. The average Bonchev–Trinajstić information content (AvgIpc) is 2.70. The van der Waals surface area contributed by atoms with Gasteiger partial charge in [-0.2, -0.15) is 0 Å². The third kappa shape index (κ3) is 2.15. The maximum absolute atomic E-state index is 11.9. The number of hydrogen-bond acceptors (Lipinski definition) is 3. The highest BCUT2D eigenvalue weighted by Gasteiger charge is 2.38. The number of ketones is 1. The van der Waals surface area contributed by atoms with Crippen LogP contribution in [0.2, 0.25) is 0 Å². The second kappa shape index (κ2) is 4.89. The van der Waals surface area contributed by atoms with Gasteiger partial charge in [0, 0.05) is 7.11 Å². The highest BCUT2D eigenvalue weighted by atomic mass is 16.5. The first-order valence-electron chi connectivity index (χ1n) is 5.42. The maximum atomic E-state index is 11.9. The quantitative estimate of drug-likeness (QED) is 0.671. The molecule has 1 saturated heterocycles. The van der Waals surface area contributed by atoms with Crippen molar-refractivity contribution in [1.29, 1.82) is 0 Å². The van der Waals surface area contributed by atoms with Gasteiger partial charge in [0.15, 0.2) is 5.78 Å². The minimum absolute atomic E-state index is 0.212. The van der Waals surface area contributed by atoms with Crippen molar-refractivity contribution in [2.45, 2.75) is 38.6 Å². The average molecular weight is 199 g/mol. The molecule has 0 aromatic heterocycles. The lowest BCUT2D eigenvalue weighted by atomic mass is 9.91. The van der Waals surface area contributed by atoms with Crippen LogP contribution in [0.5, 0.6) is 0 Å². The second-order valence-electron chi connectivity index (χ2n) is 4.18.